The van der Waals surface area contributed by atoms with Crippen LogP contribution in [0.15, 0.2) is 24.8 Å². The minimum absolute atomic E-state index is 0.261. The number of nitriles is 1. The first-order valence-electron chi connectivity index (χ1n) is 7.43. The van der Waals surface area contributed by atoms with Crippen molar-refractivity contribution in [3.8, 4) is 6.07 Å². The minimum atomic E-state index is -0.261. The van der Waals surface area contributed by atoms with Gasteiger partial charge < -0.3 is 4.74 Å². The van der Waals surface area contributed by atoms with Gasteiger partial charge in [-0.1, -0.05) is 65.0 Å². The second-order valence-electron chi connectivity index (χ2n) is 4.72. The zero-order chi connectivity index (χ0) is 15.6. The van der Waals surface area contributed by atoms with Crippen molar-refractivity contribution < 1.29 is 9.53 Å². The van der Waals surface area contributed by atoms with E-state index in [9.17, 15) is 4.79 Å². The van der Waals surface area contributed by atoms with E-state index >= 15 is 0 Å². The van der Waals surface area contributed by atoms with Crippen LogP contribution in [0.2, 0.25) is 0 Å². The molecule has 20 heavy (non-hydrogen) atoms. The highest BCUT2D eigenvalue weighted by Crippen LogP contribution is 2.08. The van der Waals surface area contributed by atoms with Gasteiger partial charge in [-0.05, 0) is 13.3 Å². The number of nitrogens with zero attached hydrogens (tertiary/aromatic N) is 1. The molecule has 3 nitrogen and oxygen atoms in total. The summed E-state index contributed by atoms with van der Waals surface area (Å²) in [5.41, 5.74) is 0.486. The van der Waals surface area contributed by atoms with Crippen LogP contribution in [-0.2, 0) is 9.53 Å². The number of unbranched alkanes of at least 4 members (excludes halogenated alkanes) is 7. The molecule has 0 aromatic heterocycles. The van der Waals surface area contributed by atoms with Gasteiger partial charge in [-0.3, -0.25) is 0 Å². The summed E-state index contributed by atoms with van der Waals surface area (Å²) in [7, 11) is 0. The van der Waals surface area contributed by atoms with Gasteiger partial charge >= 0.3 is 5.97 Å². The van der Waals surface area contributed by atoms with Gasteiger partial charge in [0.25, 0.3) is 0 Å². The zero-order valence-electron chi connectivity index (χ0n) is 13.1. The van der Waals surface area contributed by atoms with Gasteiger partial charge in [-0.2, -0.15) is 5.26 Å². The lowest BCUT2D eigenvalue weighted by Gasteiger charge is -2.04. The molecule has 3 heteroatoms. The lowest BCUT2D eigenvalue weighted by atomic mass is 10.1. The van der Waals surface area contributed by atoms with Crippen molar-refractivity contribution >= 4 is 5.97 Å². The highest BCUT2D eigenvalue weighted by Gasteiger charge is 2.01. The molecule has 0 aliphatic rings. The smallest absolute Gasteiger partial charge is 0.333 e. The summed E-state index contributed by atoms with van der Waals surface area (Å²) in [6, 6.07) is 1.69. The van der Waals surface area contributed by atoms with Gasteiger partial charge in [0.15, 0.2) is 0 Å². The Hall–Kier alpha value is -1.56. The number of allylic oxidation sites excluding steroid dienone is 1. The third kappa shape index (κ3) is 18.8. The Morgan fingerprint density at radius 2 is 1.60 bits per heavy atom. The van der Waals surface area contributed by atoms with Gasteiger partial charge in [0.1, 0.15) is 0 Å². The number of esters is 1. The Bertz CT molecular complexity index is 303. The van der Waals surface area contributed by atoms with Crippen LogP contribution in [0.1, 0.15) is 65.2 Å². The highest BCUT2D eigenvalue weighted by atomic mass is 16.5. The zero-order valence-corrected chi connectivity index (χ0v) is 13.1. The average Bonchev–Trinajstić information content (AvgIpc) is 2.45. The monoisotopic (exact) mass is 279 g/mol. The van der Waals surface area contributed by atoms with Crippen molar-refractivity contribution in [3.05, 3.63) is 24.8 Å². The molecule has 0 saturated carbocycles. The summed E-state index contributed by atoms with van der Waals surface area (Å²) in [4.78, 5) is 11.0. The molecule has 0 rings (SSSR count). The van der Waals surface area contributed by atoms with Crippen LogP contribution in [0.25, 0.3) is 0 Å². The summed E-state index contributed by atoms with van der Waals surface area (Å²) >= 11 is 0. The topological polar surface area (TPSA) is 50.1 Å². The normalized spacial score (nSPS) is 8.85. The quantitative estimate of drug-likeness (QED) is 0.246. The largest absolute Gasteiger partial charge is 0.462 e. The molecular weight excluding hydrogens is 250 g/mol. The number of carbonyl (C=O) groups is 1. The maximum atomic E-state index is 11.0. The molecule has 0 spiro atoms. The molecule has 0 bridgehead atoms. The Kier molecular flexibility index (Phi) is 18.1. The maximum absolute atomic E-state index is 11.0. The van der Waals surface area contributed by atoms with E-state index in [2.05, 4.69) is 20.1 Å². The fraction of sp³-hybridized carbons (Fsp3) is 0.647. The number of hydrogen-bond acceptors (Lipinski definition) is 3. The molecule has 0 radical (unpaired) electrons. The summed E-state index contributed by atoms with van der Waals surface area (Å²) in [6.07, 6.45) is 11.3. The summed E-state index contributed by atoms with van der Waals surface area (Å²) in [5, 5.41) is 7.51. The molecule has 0 fully saturated rings. The van der Waals surface area contributed by atoms with Crippen LogP contribution in [0, 0.1) is 11.3 Å². The Morgan fingerprint density at radius 3 is 2.00 bits per heavy atom. The van der Waals surface area contributed by atoms with Crippen molar-refractivity contribution in [2.45, 2.75) is 65.2 Å². The Morgan fingerprint density at radius 1 is 1.15 bits per heavy atom. The van der Waals surface area contributed by atoms with Gasteiger partial charge in [0, 0.05) is 11.6 Å². The Balaban J connectivity index is 0. The molecule has 0 aliphatic carbocycles. The lowest BCUT2D eigenvalue weighted by Crippen LogP contribution is -2.05. The van der Waals surface area contributed by atoms with Gasteiger partial charge in [0.2, 0.25) is 0 Å². The van der Waals surface area contributed by atoms with E-state index in [4.69, 9.17) is 10.00 Å². The SMILES string of the molecule is C=C(C)C(=O)OCCCCCCCCCC.C=CC#N. The van der Waals surface area contributed by atoms with E-state index in [-0.39, 0.29) is 5.97 Å². The van der Waals surface area contributed by atoms with E-state index in [1.54, 1.807) is 13.0 Å². The van der Waals surface area contributed by atoms with Crippen LogP contribution in [-0.4, -0.2) is 12.6 Å². The van der Waals surface area contributed by atoms with Crippen LogP contribution < -0.4 is 0 Å². The van der Waals surface area contributed by atoms with E-state index < -0.39 is 0 Å². The maximum Gasteiger partial charge on any atom is 0.333 e. The first-order chi connectivity index (χ1) is 9.59. The third-order valence-electron chi connectivity index (χ3n) is 2.67. The molecular formula is C17H29NO2. The first kappa shape index (κ1) is 20.8. The first-order valence-corrected chi connectivity index (χ1v) is 7.43. The summed E-state index contributed by atoms with van der Waals surface area (Å²) in [5.74, 6) is -0.261. The molecule has 114 valence electrons. The molecule has 0 heterocycles. The van der Waals surface area contributed by atoms with Crippen LogP contribution in [0.5, 0.6) is 0 Å². The molecule has 0 aromatic carbocycles. The van der Waals surface area contributed by atoms with Crippen LogP contribution in [0.3, 0.4) is 0 Å². The van der Waals surface area contributed by atoms with E-state index in [0.717, 1.165) is 12.8 Å². The van der Waals surface area contributed by atoms with Gasteiger partial charge in [-0.25, -0.2) is 4.79 Å². The Labute approximate surface area is 124 Å². The number of hydrogen-bond donors (Lipinski definition) is 0. The van der Waals surface area contributed by atoms with E-state index in [1.165, 1.54) is 44.6 Å². The number of carbonyl (C=O) groups excluding carboxylic acids is 1. The number of ether oxygens (including phenoxy) is 1. The molecule has 0 atom stereocenters. The van der Waals surface area contributed by atoms with Gasteiger partial charge in [-0.15, -0.1) is 0 Å². The molecule has 0 N–H and O–H groups in total. The van der Waals surface area contributed by atoms with Crippen molar-refractivity contribution in [2.24, 2.45) is 0 Å². The van der Waals surface area contributed by atoms with Crippen LogP contribution in [0.4, 0.5) is 0 Å². The summed E-state index contributed by atoms with van der Waals surface area (Å²) < 4.78 is 5.01. The fourth-order valence-corrected chi connectivity index (χ4v) is 1.52. The number of rotatable bonds is 10. The predicted molar refractivity (Wildman–Crippen MR) is 84.2 cm³/mol. The molecule has 0 saturated heterocycles. The predicted octanol–water partition coefficient (Wildman–Crippen LogP) is 4.94. The van der Waals surface area contributed by atoms with Gasteiger partial charge in [0.05, 0.1) is 12.7 Å². The molecule has 0 aliphatic heterocycles. The van der Waals surface area contributed by atoms with Crippen LogP contribution >= 0.6 is 0 Å². The fourth-order valence-electron chi connectivity index (χ4n) is 1.52. The van der Waals surface area contributed by atoms with Crippen molar-refractivity contribution in [1.29, 1.82) is 5.26 Å². The van der Waals surface area contributed by atoms with Crippen molar-refractivity contribution in [3.63, 3.8) is 0 Å². The molecule has 0 aromatic rings. The third-order valence-corrected chi connectivity index (χ3v) is 2.67. The highest BCUT2D eigenvalue weighted by molar-refractivity contribution is 5.86. The second-order valence-corrected chi connectivity index (χ2v) is 4.72. The van der Waals surface area contributed by atoms with Crippen molar-refractivity contribution in [1.82, 2.24) is 0 Å². The van der Waals surface area contributed by atoms with Crippen molar-refractivity contribution in [2.75, 3.05) is 6.61 Å². The summed E-state index contributed by atoms with van der Waals surface area (Å²) in [6.45, 7) is 11.1. The molecule has 0 amide bonds. The molecule has 0 unspecified atom stereocenters. The minimum Gasteiger partial charge on any atom is -0.462 e. The average molecular weight is 279 g/mol. The standard InChI is InChI=1S/C14H26O2.C3H3N/c1-4-5-6-7-8-9-10-11-12-16-14(15)13(2)3;1-2-3-4/h2,4-12H2,1,3H3;2H,1H2. The van der Waals surface area contributed by atoms with E-state index in [0.29, 0.717) is 12.2 Å². The van der Waals surface area contributed by atoms with E-state index in [1.807, 2.05) is 0 Å². The second kappa shape index (κ2) is 17.4. The lowest BCUT2D eigenvalue weighted by molar-refractivity contribution is -0.139.